The Morgan fingerprint density at radius 2 is 1.69 bits per heavy atom. The van der Waals surface area contributed by atoms with Gasteiger partial charge in [-0.3, -0.25) is 9.69 Å². The summed E-state index contributed by atoms with van der Waals surface area (Å²) >= 11 is 1.57. The molecule has 0 bridgehead atoms. The van der Waals surface area contributed by atoms with Gasteiger partial charge in [-0.05, 0) is 118 Å². The topological polar surface area (TPSA) is 77.3 Å². The molecule has 5 aromatic rings. The Balaban J connectivity index is 1.15. The molecule has 7 rings (SSSR count). The second-order valence-electron chi connectivity index (χ2n) is 13.0. The first-order valence-electron chi connectivity index (χ1n) is 17.1. The van der Waals surface area contributed by atoms with E-state index >= 15 is 0 Å². The van der Waals surface area contributed by atoms with Crippen LogP contribution in [0.3, 0.4) is 0 Å². The van der Waals surface area contributed by atoms with Crippen molar-refractivity contribution >= 4 is 27.2 Å². The van der Waals surface area contributed by atoms with Crippen molar-refractivity contribution in [2.45, 2.75) is 57.3 Å². The minimum absolute atomic E-state index is 0.00438. The summed E-state index contributed by atoms with van der Waals surface area (Å²) in [4.78, 5) is 19.8. The predicted molar refractivity (Wildman–Crippen MR) is 189 cm³/mol. The Bertz CT molecular complexity index is 1810. The minimum Gasteiger partial charge on any atom is -0.492 e. The van der Waals surface area contributed by atoms with Crippen molar-refractivity contribution in [3.8, 4) is 27.8 Å². The van der Waals surface area contributed by atoms with E-state index in [1.807, 2.05) is 72.8 Å². The first-order valence-corrected chi connectivity index (χ1v) is 17.9. The number of benzene rings is 3. The number of likely N-dealkylation sites (N-methyl/N-ethyl adjacent to an activating group) is 1. The lowest BCUT2D eigenvalue weighted by Crippen LogP contribution is -2.44. The minimum atomic E-state index is -0.227. The molecule has 2 aromatic heterocycles. The normalized spacial score (nSPS) is 18.4. The Hall–Kier alpha value is -4.18. The molecular formula is C39H43N3O5S. The fraction of sp³-hybridized carbons (Fsp3) is 0.385. The van der Waals surface area contributed by atoms with Crippen molar-refractivity contribution in [2.75, 3.05) is 40.3 Å². The summed E-state index contributed by atoms with van der Waals surface area (Å²) in [6.45, 7) is 4.36. The molecule has 1 saturated carbocycles. The summed E-state index contributed by atoms with van der Waals surface area (Å²) in [5.74, 6) is 1.85. The van der Waals surface area contributed by atoms with Gasteiger partial charge in [0.1, 0.15) is 30.8 Å². The number of likely N-dealkylation sites (tertiary alicyclic amines) is 1. The molecule has 0 N–H and O–H groups in total. The van der Waals surface area contributed by atoms with Gasteiger partial charge in [-0.25, -0.2) is 0 Å². The van der Waals surface area contributed by atoms with Crippen LogP contribution in [0.1, 0.15) is 60.2 Å². The number of hydrogen-bond acceptors (Lipinski definition) is 9. The Morgan fingerprint density at radius 3 is 2.48 bits per heavy atom. The average Bonchev–Trinajstić information content (AvgIpc) is 3.89. The summed E-state index contributed by atoms with van der Waals surface area (Å²) < 4.78 is 25.1. The highest BCUT2D eigenvalue weighted by Gasteiger charge is 2.30. The van der Waals surface area contributed by atoms with E-state index in [0.717, 1.165) is 76.5 Å². The number of ether oxygens (including phenoxy) is 3. The van der Waals surface area contributed by atoms with Gasteiger partial charge >= 0.3 is 0 Å². The number of carbonyl (C=O) groups excluding carboxylic acids is 1. The zero-order chi connectivity index (χ0) is 32.9. The van der Waals surface area contributed by atoms with E-state index in [-0.39, 0.29) is 17.6 Å². The number of nitrogens with zero attached hydrogens (tertiary/aromatic N) is 3. The summed E-state index contributed by atoms with van der Waals surface area (Å²) in [5.41, 5.74) is 2.61. The monoisotopic (exact) mass is 665 g/mol. The molecule has 1 aliphatic heterocycles. The number of hydrogen-bond donors (Lipinski definition) is 0. The van der Waals surface area contributed by atoms with Gasteiger partial charge in [0.25, 0.3) is 5.88 Å². The van der Waals surface area contributed by atoms with Crippen molar-refractivity contribution in [1.29, 1.82) is 0 Å². The van der Waals surface area contributed by atoms with Crippen molar-refractivity contribution in [2.24, 2.45) is 0 Å². The van der Waals surface area contributed by atoms with Crippen LogP contribution < -0.4 is 14.2 Å². The quantitative estimate of drug-likeness (QED) is 0.117. The maximum atomic E-state index is 14.3. The fourth-order valence-electron chi connectivity index (χ4n) is 6.84. The number of rotatable bonds is 13. The number of thiophene rings is 1. The molecule has 0 amide bonds. The van der Waals surface area contributed by atoms with E-state index in [9.17, 15) is 4.79 Å². The third-order valence-electron chi connectivity index (χ3n) is 9.44. The van der Waals surface area contributed by atoms with E-state index in [0.29, 0.717) is 30.7 Å². The molecule has 9 heteroatoms. The maximum absolute atomic E-state index is 14.3. The molecule has 48 heavy (non-hydrogen) atoms. The summed E-state index contributed by atoms with van der Waals surface area (Å²) in [7, 11) is 4.16. The van der Waals surface area contributed by atoms with Crippen molar-refractivity contribution < 1.29 is 23.5 Å². The van der Waals surface area contributed by atoms with Gasteiger partial charge in [0.15, 0.2) is 0 Å². The van der Waals surface area contributed by atoms with Crippen LogP contribution in [0.25, 0.3) is 20.5 Å². The van der Waals surface area contributed by atoms with Gasteiger partial charge in [-0.1, -0.05) is 36.8 Å². The van der Waals surface area contributed by atoms with Crippen molar-refractivity contribution in [3.63, 3.8) is 0 Å². The largest absolute Gasteiger partial charge is 0.492 e. The van der Waals surface area contributed by atoms with E-state index in [1.165, 1.54) is 19.3 Å². The Kier molecular flexibility index (Phi) is 10.1. The molecule has 2 atom stereocenters. The van der Waals surface area contributed by atoms with Gasteiger partial charge < -0.3 is 23.6 Å². The molecule has 0 spiro atoms. The molecule has 250 valence electrons. The molecule has 2 fully saturated rings. The van der Waals surface area contributed by atoms with Crippen LogP contribution in [0.4, 0.5) is 0 Å². The molecule has 0 radical (unpaired) electrons. The number of carbonyl (C=O) groups is 1. The first kappa shape index (κ1) is 32.4. The van der Waals surface area contributed by atoms with E-state index < -0.39 is 0 Å². The van der Waals surface area contributed by atoms with Crippen LogP contribution in [0.5, 0.6) is 17.4 Å². The first-order chi connectivity index (χ1) is 23.5. The number of aromatic nitrogens is 1. The lowest BCUT2D eigenvalue weighted by Gasteiger charge is -2.35. The van der Waals surface area contributed by atoms with Gasteiger partial charge in [-0.15, -0.1) is 11.3 Å². The van der Waals surface area contributed by atoms with Gasteiger partial charge in [-0.2, -0.15) is 0 Å². The number of fused-ring (bicyclic) bond motifs is 1. The van der Waals surface area contributed by atoms with E-state index in [2.05, 4.69) is 29.1 Å². The summed E-state index contributed by atoms with van der Waals surface area (Å²) in [5, 5.41) is 5.02. The van der Waals surface area contributed by atoms with E-state index in [4.69, 9.17) is 18.7 Å². The van der Waals surface area contributed by atoms with Crippen LogP contribution in [-0.4, -0.2) is 73.2 Å². The smallest absolute Gasteiger partial charge is 0.255 e. The molecule has 8 nitrogen and oxygen atoms in total. The lowest BCUT2D eigenvalue weighted by atomic mass is 9.92. The van der Waals surface area contributed by atoms with E-state index in [1.54, 1.807) is 17.4 Å². The van der Waals surface area contributed by atoms with Crippen molar-refractivity contribution in [1.82, 2.24) is 15.0 Å². The third-order valence-corrected chi connectivity index (χ3v) is 10.6. The highest BCUT2D eigenvalue weighted by Crippen LogP contribution is 2.42. The zero-order valence-electron chi connectivity index (χ0n) is 27.7. The molecule has 3 heterocycles. The second-order valence-corrected chi connectivity index (χ2v) is 14.0. The standard InChI is InChI=1S/C39H43N3O5S/c1-41(2)32-12-6-7-13-33(32)46-36-25-34(47-40-36)38(43)37-31-19-18-30(45-26-27-10-4-3-5-11-27)24-35(31)48-39(37)28-14-16-29(17-15-28)44-23-22-42-20-8-9-21-42/h3-5,10-11,14-19,24-25,32-33H,6-9,12-13,20-23,26H2,1-2H3/t32-,33-/m0/s1. The SMILES string of the molecule is CN(C)[C@H]1CCCC[C@@H]1Oc1cc(C(=O)c2c(-c3ccc(OCCN4CCCC4)cc3)sc3cc(OCc4ccccc4)ccc23)on1. The highest BCUT2D eigenvalue weighted by molar-refractivity contribution is 7.22. The molecule has 1 saturated heterocycles. The Morgan fingerprint density at radius 1 is 0.917 bits per heavy atom. The average molecular weight is 666 g/mol. The van der Waals surface area contributed by atoms with Gasteiger partial charge in [0, 0.05) is 27.5 Å². The molecule has 0 unspecified atom stereocenters. The highest BCUT2D eigenvalue weighted by atomic mass is 32.1. The van der Waals surface area contributed by atoms with Gasteiger partial charge in [0.2, 0.25) is 11.5 Å². The predicted octanol–water partition coefficient (Wildman–Crippen LogP) is 8.09. The van der Waals surface area contributed by atoms with Gasteiger partial charge in [0.05, 0.1) is 11.6 Å². The molecule has 2 aliphatic rings. The zero-order valence-corrected chi connectivity index (χ0v) is 28.5. The molecular weight excluding hydrogens is 623 g/mol. The maximum Gasteiger partial charge on any atom is 0.255 e. The third kappa shape index (κ3) is 7.43. The van der Waals surface area contributed by atoms with Crippen molar-refractivity contribution in [3.05, 3.63) is 95.7 Å². The lowest BCUT2D eigenvalue weighted by molar-refractivity contribution is 0.0561. The van der Waals surface area contributed by atoms with Crippen LogP contribution in [0.2, 0.25) is 0 Å². The second kappa shape index (κ2) is 14.9. The van der Waals surface area contributed by atoms with Crippen LogP contribution >= 0.6 is 11.3 Å². The van der Waals surface area contributed by atoms with Crippen LogP contribution in [0.15, 0.2) is 83.4 Å². The van der Waals surface area contributed by atoms with Crippen LogP contribution in [-0.2, 0) is 6.61 Å². The van der Waals surface area contributed by atoms with Crippen LogP contribution in [0, 0.1) is 0 Å². The summed E-state index contributed by atoms with van der Waals surface area (Å²) in [6.07, 6.45) is 6.86. The number of ketones is 1. The summed E-state index contributed by atoms with van der Waals surface area (Å²) in [6, 6.07) is 26.0. The fourth-order valence-corrected chi connectivity index (χ4v) is 8.08. The molecule has 1 aliphatic carbocycles. The molecule has 3 aromatic carbocycles. The Labute approximate surface area is 286 Å².